The van der Waals surface area contributed by atoms with Crippen molar-refractivity contribution in [3.63, 3.8) is 0 Å². The monoisotopic (exact) mass is 342 g/mol. The highest BCUT2D eigenvalue weighted by Crippen LogP contribution is 2.18. The normalized spacial score (nSPS) is 10.6. The van der Waals surface area contributed by atoms with Crippen LogP contribution in [0.4, 0.5) is 10.2 Å². The molecule has 0 spiro atoms. The standard InChI is InChI=1S/C12H12BrFN4O2/c1-17-11(19)10(16-18(2)12(17)20)15-6-7-5-8(14)3-4-9(7)13/h3-5H,6H2,1-2H3,(H,15,16). The number of nitrogens with one attached hydrogen (secondary N) is 1. The van der Waals surface area contributed by atoms with Crippen molar-refractivity contribution < 1.29 is 4.39 Å². The highest BCUT2D eigenvalue weighted by Gasteiger charge is 2.09. The fourth-order valence-corrected chi connectivity index (χ4v) is 2.05. The largest absolute Gasteiger partial charge is 0.360 e. The van der Waals surface area contributed by atoms with E-state index in [0.717, 1.165) is 9.25 Å². The lowest BCUT2D eigenvalue weighted by Crippen LogP contribution is -2.39. The van der Waals surface area contributed by atoms with Crippen LogP contribution in [0.15, 0.2) is 32.3 Å². The Morgan fingerprint density at radius 2 is 2.05 bits per heavy atom. The van der Waals surface area contributed by atoms with Gasteiger partial charge in [-0.2, -0.15) is 0 Å². The van der Waals surface area contributed by atoms with E-state index in [0.29, 0.717) is 10.0 Å². The van der Waals surface area contributed by atoms with E-state index in [-0.39, 0.29) is 18.2 Å². The molecule has 2 aromatic rings. The summed E-state index contributed by atoms with van der Waals surface area (Å²) in [6.07, 6.45) is 0. The minimum absolute atomic E-state index is 0.0331. The van der Waals surface area contributed by atoms with Gasteiger partial charge in [-0.25, -0.2) is 13.9 Å². The molecule has 2 rings (SSSR count). The number of aromatic nitrogens is 3. The number of anilines is 1. The van der Waals surface area contributed by atoms with Gasteiger partial charge in [0.25, 0.3) is 5.56 Å². The molecule has 0 atom stereocenters. The summed E-state index contributed by atoms with van der Waals surface area (Å²) in [6, 6.07) is 4.26. The first-order chi connectivity index (χ1) is 9.40. The lowest BCUT2D eigenvalue weighted by Gasteiger charge is -2.09. The number of hydrogen-bond acceptors (Lipinski definition) is 4. The molecule has 8 heteroatoms. The van der Waals surface area contributed by atoms with E-state index in [2.05, 4.69) is 26.3 Å². The molecule has 0 aliphatic rings. The van der Waals surface area contributed by atoms with Crippen LogP contribution in [0.2, 0.25) is 0 Å². The lowest BCUT2D eigenvalue weighted by molar-refractivity contribution is 0.603. The molecule has 1 heterocycles. The predicted molar refractivity (Wildman–Crippen MR) is 76.1 cm³/mol. The molecule has 0 fully saturated rings. The first kappa shape index (κ1) is 14.4. The molecule has 106 valence electrons. The van der Waals surface area contributed by atoms with Crippen molar-refractivity contribution >= 4 is 21.7 Å². The molecule has 1 N–H and O–H groups in total. The Balaban J connectivity index is 2.30. The van der Waals surface area contributed by atoms with Gasteiger partial charge in [0.15, 0.2) is 0 Å². The van der Waals surface area contributed by atoms with E-state index >= 15 is 0 Å². The molecule has 6 nitrogen and oxygen atoms in total. The third kappa shape index (κ3) is 2.79. The van der Waals surface area contributed by atoms with Crippen molar-refractivity contribution in [2.45, 2.75) is 6.54 Å². The first-order valence-electron chi connectivity index (χ1n) is 5.72. The molecule has 0 saturated heterocycles. The maximum Gasteiger partial charge on any atom is 0.346 e. The Kier molecular flexibility index (Phi) is 4.03. The Morgan fingerprint density at radius 1 is 1.35 bits per heavy atom. The third-order valence-electron chi connectivity index (χ3n) is 2.78. The summed E-state index contributed by atoms with van der Waals surface area (Å²) in [4.78, 5) is 23.3. The Hall–Kier alpha value is -1.96. The topological polar surface area (TPSA) is 68.9 Å². The van der Waals surface area contributed by atoms with Crippen LogP contribution in [-0.2, 0) is 20.6 Å². The van der Waals surface area contributed by atoms with Gasteiger partial charge in [0.2, 0.25) is 5.82 Å². The Bertz CT molecular complexity index is 769. The van der Waals surface area contributed by atoms with E-state index in [1.165, 1.54) is 26.2 Å². The van der Waals surface area contributed by atoms with Crippen molar-refractivity contribution in [2.24, 2.45) is 14.1 Å². The number of halogens is 2. The summed E-state index contributed by atoms with van der Waals surface area (Å²) in [5.41, 5.74) is -0.393. The Labute approximate surface area is 122 Å². The van der Waals surface area contributed by atoms with Crippen LogP contribution in [-0.4, -0.2) is 14.3 Å². The lowest BCUT2D eigenvalue weighted by atomic mass is 10.2. The molecule has 0 amide bonds. The summed E-state index contributed by atoms with van der Waals surface area (Å²) in [7, 11) is 2.82. The summed E-state index contributed by atoms with van der Waals surface area (Å²) in [6.45, 7) is 0.207. The second-order valence-corrected chi connectivity index (χ2v) is 5.06. The summed E-state index contributed by atoms with van der Waals surface area (Å²) >= 11 is 3.30. The fraction of sp³-hybridized carbons (Fsp3) is 0.250. The quantitative estimate of drug-likeness (QED) is 0.903. The van der Waals surface area contributed by atoms with E-state index < -0.39 is 11.2 Å². The van der Waals surface area contributed by atoms with Gasteiger partial charge in [-0.15, -0.1) is 5.10 Å². The van der Waals surface area contributed by atoms with Gasteiger partial charge < -0.3 is 5.32 Å². The second-order valence-electron chi connectivity index (χ2n) is 4.21. The van der Waals surface area contributed by atoms with Crippen molar-refractivity contribution in [1.29, 1.82) is 0 Å². The van der Waals surface area contributed by atoms with Gasteiger partial charge in [-0.3, -0.25) is 9.36 Å². The van der Waals surface area contributed by atoms with Crippen LogP contribution in [0.25, 0.3) is 0 Å². The molecule has 0 saturated carbocycles. The SMILES string of the molecule is Cn1nc(NCc2cc(F)ccc2Br)c(=O)n(C)c1=O. The predicted octanol–water partition coefficient (Wildman–Crippen LogP) is 0.993. The molecule has 0 aliphatic carbocycles. The number of nitrogens with zero attached hydrogens (tertiary/aromatic N) is 3. The maximum absolute atomic E-state index is 13.2. The molecular formula is C12H12BrFN4O2. The van der Waals surface area contributed by atoms with E-state index in [9.17, 15) is 14.0 Å². The van der Waals surface area contributed by atoms with Gasteiger partial charge in [-0.05, 0) is 23.8 Å². The summed E-state index contributed by atoms with van der Waals surface area (Å²) in [5.74, 6) is -0.336. The zero-order valence-corrected chi connectivity index (χ0v) is 12.4. The highest BCUT2D eigenvalue weighted by atomic mass is 79.9. The fourth-order valence-electron chi connectivity index (χ4n) is 1.67. The number of hydrogen-bond donors (Lipinski definition) is 1. The minimum atomic E-state index is -0.527. The zero-order chi connectivity index (χ0) is 14.9. The van der Waals surface area contributed by atoms with Crippen LogP contribution in [0, 0.1) is 5.82 Å². The molecule has 0 radical (unpaired) electrons. The van der Waals surface area contributed by atoms with Crippen molar-refractivity contribution in [3.05, 3.63) is 54.9 Å². The van der Waals surface area contributed by atoms with Gasteiger partial charge >= 0.3 is 5.69 Å². The maximum atomic E-state index is 13.2. The van der Waals surface area contributed by atoms with Crippen molar-refractivity contribution in [1.82, 2.24) is 14.3 Å². The average Bonchev–Trinajstić information content (AvgIpc) is 2.42. The average molecular weight is 343 g/mol. The smallest absolute Gasteiger partial charge is 0.346 e. The summed E-state index contributed by atoms with van der Waals surface area (Å²) in [5, 5.41) is 6.66. The van der Waals surface area contributed by atoms with E-state index in [1.54, 1.807) is 6.07 Å². The molecule has 0 bridgehead atoms. The Morgan fingerprint density at radius 3 is 2.75 bits per heavy atom. The van der Waals surface area contributed by atoms with Gasteiger partial charge in [-0.1, -0.05) is 15.9 Å². The number of rotatable bonds is 3. The van der Waals surface area contributed by atoms with Gasteiger partial charge in [0, 0.05) is 25.1 Å². The molecule has 20 heavy (non-hydrogen) atoms. The number of benzene rings is 1. The van der Waals surface area contributed by atoms with E-state index in [4.69, 9.17) is 0 Å². The molecule has 0 unspecified atom stereocenters. The molecular weight excluding hydrogens is 331 g/mol. The zero-order valence-electron chi connectivity index (χ0n) is 10.9. The second kappa shape index (κ2) is 5.58. The van der Waals surface area contributed by atoms with Crippen molar-refractivity contribution in [3.8, 4) is 0 Å². The van der Waals surface area contributed by atoms with Gasteiger partial charge in [0.05, 0.1) is 0 Å². The van der Waals surface area contributed by atoms with Crippen LogP contribution in [0.3, 0.4) is 0 Å². The minimum Gasteiger partial charge on any atom is -0.360 e. The molecule has 1 aromatic heterocycles. The van der Waals surface area contributed by atoms with Crippen molar-refractivity contribution in [2.75, 3.05) is 5.32 Å². The van der Waals surface area contributed by atoms with Gasteiger partial charge in [0.1, 0.15) is 5.82 Å². The number of aryl methyl sites for hydroxylation is 1. The van der Waals surface area contributed by atoms with Crippen LogP contribution in [0.5, 0.6) is 0 Å². The molecule has 0 aliphatic heterocycles. The van der Waals surface area contributed by atoms with Crippen LogP contribution in [0.1, 0.15) is 5.56 Å². The first-order valence-corrected chi connectivity index (χ1v) is 6.51. The van der Waals surface area contributed by atoms with Crippen LogP contribution >= 0.6 is 15.9 Å². The molecule has 1 aromatic carbocycles. The third-order valence-corrected chi connectivity index (χ3v) is 3.55. The highest BCUT2D eigenvalue weighted by molar-refractivity contribution is 9.10. The summed E-state index contributed by atoms with van der Waals surface area (Å²) < 4.78 is 15.9. The van der Waals surface area contributed by atoms with E-state index in [1.807, 2.05) is 0 Å². The van der Waals surface area contributed by atoms with Crippen LogP contribution < -0.4 is 16.6 Å².